The Bertz CT molecular complexity index is 543. The van der Waals surface area contributed by atoms with Gasteiger partial charge in [0.1, 0.15) is 11.1 Å². The number of carbonyl (C=O) groups excluding carboxylic acids is 1. The van der Waals surface area contributed by atoms with Crippen LogP contribution in [0.2, 0.25) is 0 Å². The summed E-state index contributed by atoms with van der Waals surface area (Å²) in [5.74, 6) is -0.0480. The Labute approximate surface area is 141 Å². The Balaban J connectivity index is 1.71. The van der Waals surface area contributed by atoms with Gasteiger partial charge in [0.05, 0.1) is 12.2 Å². The van der Waals surface area contributed by atoms with Crippen LogP contribution < -0.4 is 5.32 Å². The lowest BCUT2D eigenvalue weighted by Crippen LogP contribution is -2.51. The quantitative estimate of drug-likeness (QED) is 0.785. The van der Waals surface area contributed by atoms with E-state index in [2.05, 4.69) is 28.1 Å². The topological polar surface area (TPSA) is 79.6 Å². The van der Waals surface area contributed by atoms with Crippen molar-refractivity contribution in [3.63, 3.8) is 0 Å². The molecule has 0 saturated carbocycles. The molecule has 6 nitrogen and oxygen atoms in total. The molecule has 1 amide bonds. The van der Waals surface area contributed by atoms with Crippen LogP contribution in [0.3, 0.4) is 0 Å². The van der Waals surface area contributed by atoms with Crippen LogP contribution in [0.25, 0.3) is 0 Å². The number of aliphatic hydroxyl groups is 1. The molecule has 1 fully saturated rings. The number of thiophene rings is 1. The highest BCUT2D eigenvalue weighted by atomic mass is 32.1. The summed E-state index contributed by atoms with van der Waals surface area (Å²) < 4.78 is 0. The predicted octanol–water partition coefficient (Wildman–Crippen LogP) is 1.34. The first-order valence-corrected chi connectivity index (χ1v) is 8.90. The smallest absolute Gasteiger partial charge is 0.226 e. The minimum absolute atomic E-state index is 0.0480. The van der Waals surface area contributed by atoms with Crippen LogP contribution >= 0.6 is 11.3 Å². The van der Waals surface area contributed by atoms with Crippen LogP contribution in [0, 0.1) is 11.3 Å². The average Bonchev–Trinajstić information content (AvgIpc) is 3.02. The molecule has 2 N–H and O–H groups in total. The number of rotatable bonds is 7. The third-order valence-corrected chi connectivity index (χ3v) is 5.13. The van der Waals surface area contributed by atoms with Crippen molar-refractivity contribution in [3.05, 3.63) is 17.0 Å². The van der Waals surface area contributed by atoms with Crippen LogP contribution in [0.1, 0.15) is 25.3 Å². The summed E-state index contributed by atoms with van der Waals surface area (Å²) in [5, 5.41) is 23.5. The van der Waals surface area contributed by atoms with E-state index in [9.17, 15) is 9.90 Å². The maximum Gasteiger partial charge on any atom is 0.226 e. The number of amides is 1. The lowest BCUT2D eigenvalue weighted by atomic mass is 10.1. The molecule has 2 rings (SSSR count). The van der Waals surface area contributed by atoms with E-state index in [0.29, 0.717) is 17.0 Å². The molecule has 1 unspecified atom stereocenters. The van der Waals surface area contributed by atoms with E-state index in [1.807, 2.05) is 0 Å². The molecular weight excluding hydrogens is 312 g/mol. The molecule has 2 heterocycles. The molecule has 1 aromatic heterocycles. The molecule has 1 aromatic rings. The number of nitrogens with one attached hydrogen (secondary N) is 1. The van der Waals surface area contributed by atoms with Gasteiger partial charge in [-0.2, -0.15) is 5.26 Å². The Morgan fingerprint density at radius 2 is 2.22 bits per heavy atom. The number of hydrogen-bond acceptors (Lipinski definition) is 6. The van der Waals surface area contributed by atoms with Crippen LogP contribution in [0.15, 0.2) is 11.4 Å². The van der Waals surface area contributed by atoms with Crippen molar-refractivity contribution >= 4 is 22.2 Å². The number of nitriles is 1. The van der Waals surface area contributed by atoms with E-state index in [1.165, 1.54) is 11.3 Å². The molecule has 7 heteroatoms. The van der Waals surface area contributed by atoms with Gasteiger partial charge in [0.25, 0.3) is 0 Å². The molecule has 23 heavy (non-hydrogen) atoms. The molecule has 126 valence electrons. The fourth-order valence-electron chi connectivity index (χ4n) is 2.80. The van der Waals surface area contributed by atoms with Gasteiger partial charge >= 0.3 is 0 Å². The van der Waals surface area contributed by atoms with Crippen LogP contribution in [-0.2, 0) is 4.79 Å². The maximum atomic E-state index is 12.0. The van der Waals surface area contributed by atoms with Crippen molar-refractivity contribution in [3.8, 4) is 6.07 Å². The van der Waals surface area contributed by atoms with E-state index in [1.54, 1.807) is 11.4 Å². The van der Waals surface area contributed by atoms with E-state index >= 15 is 0 Å². The van der Waals surface area contributed by atoms with E-state index in [0.717, 1.165) is 39.1 Å². The number of hydrogen-bond donors (Lipinski definition) is 2. The highest BCUT2D eigenvalue weighted by Crippen LogP contribution is 2.22. The van der Waals surface area contributed by atoms with Gasteiger partial charge < -0.3 is 15.3 Å². The third-order valence-electron chi connectivity index (χ3n) is 4.30. The maximum absolute atomic E-state index is 12.0. The summed E-state index contributed by atoms with van der Waals surface area (Å²) in [6.07, 6.45) is 1.39. The highest BCUT2D eigenvalue weighted by Gasteiger charge is 2.22. The van der Waals surface area contributed by atoms with E-state index in [4.69, 9.17) is 5.26 Å². The van der Waals surface area contributed by atoms with Crippen molar-refractivity contribution in [1.82, 2.24) is 9.80 Å². The normalized spacial score (nSPS) is 17.6. The van der Waals surface area contributed by atoms with Crippen LogP contribution in [0.5, 0.6) is 0 Å². The first kappa shape index (κ1) is 17.9. The van der Waals surface area contributed by atoms with Crippen molar-refractivity contribution in [1.29, 1.82) is 5.26 Å². The number of aliphatic hydroxyl groups excluding tert-OH is 1. The lowest BCUT2D eigenvalue weighted by Gasteiger charge is -2.38. The van der Waals surface area contributed by atoms with Gasteiger partial charge in [-0.3, -0.25) is 9.69 Å². The fourth-order valence-corrected chi connectivity index (χ4v) is 3.55. The first-order chi connectivity index (χ1) is 11.2. The molecule has 0 bridgehead atoms. The summed E-state index contributed by atoms with van der Waals surface area (Å²) in [4.78, 5) is 16.6. The zero-order valence-corrected chi connectivity index (χ0v) is 14.3. The second kappa shape index (κ2) is 8.99. The summed E-state index contributed by atoms with van der Waals surface area (Å²) in [5.41, 5.74) is 0.520. The monoisotopic (exact) mass is 336 g/mol. The van der Waals surface area contributed by atoms with Gasteiger partial charge in [0.15, 0.2) is 0 Å². The second-order valence-electron chi connectivity index (χ2n) is 5.70. The van der Waals surface area contributed by atoms with Gasteiger partial charge in [0, 0.05) is 45.2 Å². The van der Waals surface area contributed by atoms with Crippen molar-refractivity contribution in [2.75, 3.05) is 44.6 Å². The summed E-state index contributed by atoms with van der Waals surface area (Å²) in [7, 11) is 0. The van der Waals surface area contributed by atoms with Gasteiger partial charge in [-0.1, -0.05) is 6.92 Å². The SMILES string of the molecule is CCC(CO)N1CCN(CCC(=O)Nc2sccc2C#N)CC1. The third kappa shape index (κ3) is 5.01. The average molecular weight is 336 g/mol. The lowest BCUT2D eigenvalue weighted by molar-refractivity contribution is -0.116. The number of nitrogens with zero attached hydrogens (tertiary/aromatic N) is 3. The van der Waals surface area contributed by atoms with Gasteiger partial charge in [-0.15, -0.1) is 11.3 Å². The van der Waals surface area contributed by atoms with Gasteiger partial charge in [0.2, 0.25) is 5.91 Å². The van der Waals surface area contributed by atoms with Gasteiger partial charge in [-0.05, 0) is 17.9 Å². The Hall–Kier alpha value is -1.46. The van der Waals surface area contributed by atoms with Crippen LogP contribution in [-0.4, -0.2) is 66.2 Å². The molecule has 1 saturated heterocycles. The molecule has 1 atom stereocenters. The van der Waals surface area contributed by atoms with Crippen LogP contribution in [0.4, 0.5) is 5.00 Å². The highest BCUT2D eigenvalue weighted by molar-refractivity contribution is 7.14. The molecule has 0 aromatic carbocycles. The standard InChI is InChI=1S/C16H24N4O2S/c1-2-14(12-21)20-8-6-19(7-9-20)5-3-15(22)18-16-13(11-17)4-10-23-16/h4,10,14,21H,2-3,5-9,12H2,1H3,(H,18,22). The van der Waals surface area contributed by atoms with Crippen molar-refractivity contribution in [2.24, 2.45) is 0 Å². The molecule has 0 spiro atoms. The van der Waals surface area contributed by atoms with Crippen molar-refractivity contribution in [2.45, 2.75) is 25.8 Å². The van der Waals surface area contributed by atoms with E-state index in [-0.39, 0.29) is 18.6 Å². The zero-order chi connectivity index (χ0) is 16.7. The first-order valence-electron chi connectivity index (χ1n) is 8.02. The largest absolute Gasteiger partial charge is 0.395 e. The predicted molar refractivity (Wildman–Crippen MR) is 91.5 cm³/mol. The van der Waals surface area contributed by atoms with E-state index < -0.39 is 0 Å². The second-order valence-corrected chi connectivity index (χ2v) is 6.61. The van der Waals surface area contributed by atoms with Gasteiger partial charge in [-0.25, -0.2) is 0 Å². The van der Waals surface area contributed by atoms with Crippen molar-refractivity contribution < 1.29 is 9.90 Å². The number of piperazine rings is 1. The summed E-state index contributed by atoms with van der Waals surface area (Å²) >= 11 is 1.37. The minimum atomic E-state index is -0.0480. The molecule has 0 radical (unpaired) electrons. The number of anilines is 1. The minimum Gasteiger partial charge on any atom is -0.395 e. The zero-order valence-electron chi connectivity index (χ0n) is 13.5. The number of carbonyl (C=O) groups is 1. The Morgan fingerprint density at radius 1 is 1.48 bits per heavy atom. The fraction of sp³-hybridized carbons (Fsp3) is 0.625. The summed E-state index contributed by atoms with van der Waals surface area (Å²) in [6.45, 7) is 6.74. The molecule has 0 aliphatic carbocycles. The molecule has 1 aliphatic heterocycles. The Morgan fingerprint density at radius 3 is 2.83 bits per heavy atom. The Kier molecular flexibility index (Phi) is 6.99. The summed E-state index contributed by atoms with van der Waals surface area (Å²) in [6, 6.07) is 4.04. The molecule has 1 aliphatic rings. The molecular formula is C16H24N4O2S.